The van der Waals surface area contributed by atoms with E-state index in [-0.39, 0.29) is 17.7 Å². The number of imidazole rings is 1. The fourth-order valence-corrected chi connectivity index (χ4v) is 4.96. The van der Waals surface area contributed by atoms with Gasteiger partial charge in [0.25, 0.3) is 5.91 Å². The molecule has 8 nitrogen and oxygen atoms in total. The summed E-state index contributed by atoms with van der Waals surface area (Å²) < 4.78 is 3.55. The average Bonchev–Trinajstić information content (AvgIpc) is 3.52. The first kappa shape index (κ1) is 22.8. The molecule has 1 aliphatic rings. The maximum Gasteiger partial charge on any atom is 0.270 e. The van der Waals surface area contributed by atoms with E-state index < -0.39 is 6.04 Å². The Bertz CT molecular complexity index is 1330. The average molecular weight is 471 g/mol. The summed E-state index contributed by atoms with van der Waals surface area (Å²) in [6.45, 7) is 2.24. The van der Waals surface area contributed by atoms with E-state index in [1.807, 2.05) is 53.1 Å². The van der Waals surface area contributed by atoms with Gasteiger partial charge < -0.3 is 10.6 Å². The molecule has 1 fully saturated rings. The van der Waals surface area contributed by atoms with Gasteiger partial charge in [-0.15, -0.1) is 0 Å². The highest BCUT2D eigenvalue weighted by atomic mass is 16.2. The van der Waals surface area contributed by atoms with Crippen LogP contribution in [0.25, 0.3) is 16.9 Å². The molecule has 3 aromatic heterocycles. The van der Waals surface area contributed by atoms with Gasteiger partial charge in [-0.25, -0.2) is 4.98 Å². The lowest BCUT2D eigenvalue weighted by atomic mass is 9.79. The van der Waals surface area contributed by atoms with Crippen LogP contribution in [0.5, 0.6) is 0 Å². The summed E-state index contributed by atoms with van der Waals surface area (Å²) in [5.41, 5.74) is 4.06. The summed E-state index contributed by atoms with van der Waals surface area (Å²) in [7, 11) is 1.72. The highest BCUT2D eigenvalue weighted by Gasteiger charge is 2.33. The van der Waals surface area contributed by atoms with Crippen molar-refractivity contribution in [2.45, 2.75) is 38.6 Å². The smallest absolute Gasteiger partial charge is 0.270 e. The first-order valence-electron chi connectivity index (χ1n) is 12.1. The van der Waals surface area contributed by atoms with Crippen LogP contribution in [0.4, 0.5) is 5.69 Å². The van der Waals surface area contributed by atoms with Crippen molar-refractivity contribution in [3.8, 4) is 11.3 Å². The second-order valence-electron chi connectivity index (χ2n) is 9.44. The molecule has 0 unspecified atom stereocenters. The number of anilines is 1. The van der Waals surface area contributed by atoms with Gasteiger partial charge in [0.05, 0.1) is 5.69 Å². The van der Waals surface area contributed by atoms with Crippen molar-refractivity contribution in [2.24, 2.45) is 18.9 Å². The maximum absolute atomic E-state index is 13.4. The molecule has 5 rings (SSSR count). The molecular weight excluding hydrogens is 440 g/mol. The normalized spacial score (nSPS) is 18.8. The molecule has 0 spiro atoms. The van der Waals surface area contributed by atoms with E-state index in [0.29, 0.717) is 17.3 Å². The van der Waals surface area contributed by atoms with Crippen LogP contribution in [-0.2, 0) is 11.8 Å². The van der Waals surface area contributed by atoms with Crippen LogP contribution in [0.15, 0.2) is 67.1 Å². The molecule has 1 atom stereocenters. The minimum Gasteiger partial charge on any atom is -0.339 e. The first-order chi connectivity index (χ1) is 17.0. The quantitative estimate of drug-likeness (QED) is 0.439. The van der Waals surface area contributed by atoms with Crippen LogP contribution in [0.1, 0.15) is 43.1 Å². The monoisotopic (exact) mass is 470 g/mol. The molecule has 180 valence electrons. The zero-order valence-electron chi connectivity index (χ0n) is 20.0. The summed E-state index contributed by atoms with van der Waals surface area (Å²) in [5.74, 6) is 0.272. The fourth-order valence-electron chi connectivity index (χ4n) is 4.96. The lowest BCUT2D eigenvalue weighted by Crippen LogP contribution is -2.49. The summed E-state index contributed by atoms with van der Waals surface area (Å²) in [5, 5.41) is 10.1. The number of amides is 2. The van der Waals surface area contributed by atoms with Gasteiger partial charge in [0.15, 0.2) is 0 Å². The van der Waals surface area contributed by atoms with E-state index in [9.17, 15) is 9.59 Å². The number of pyridine rings is 1. The predicted octanol–water partition coefficient (Wildman–Crippen LogP) is 4.30. The first-order valence-corrected chi connectivity index (χ1v) is 12.1. The molecule has 0 bridgehead atoms. The van der Waals surface area contributed by atoms with Gasteiger partial charge in [0.1, 0.15) is 17.4 Å². The lowest BCUT2D eigenvalue weighted by Gasteiger charge is -2.32. The van der Waals surface area contributed by atoms with E-state index in [0.717, 1.165) is 42.6 Å². The van der Waals surface area contributed by atoms with Gasteiger partial charge in [0, 0.05) is 31.3 Å². The molecule has 3 heterocycles. The molecule has 1 aliphatic carbocycles. The number of nitrogens with one attached hydrogen (secondary N) is 2. The van der Waals surface area contributed by atoms with Crippen molar-refractivity contribution in [3.05, 3.63) is 72.8 Å². The molecule has 35 heavy (non-hydrogen) atoms. The molecule has 8 heteroatoms. The Labute approximate surface area is 204 Å². The van der Waals surface area contributed by atoms with E-state index >= 15 is 0 Å². The highest BCUT2D eigenvalue weighted by molar-refractivity contribution is 6.00. The van der Waals surface area contributed by atoms with E-state index in [2.05, 4.69) is 27.6 Å². The third kappa shape index (κ3) is 4.82. The topological polar surface area (TPSA) is 93.3 Å². The molecule has 1 aromatic carbocycles. The molecule has 4 aromatic rings. The van der Waals surface area contributed by atoms with Gasteiger partial charge in [-0.2, -0.15) is 5.10 Å². The van der Waals surface area contributed by atoms with Crippen LogP contribution >= 0.6 is 0 Å². The minimum atomic E-state index is -0.607. The molecule has 2 N–H and O–H groups in total. The number of hydrogen-bond donors (Lipinski definition) is 2. The molecule has 1 saturated carbocycles. The lowest BCUT2D eigenvalue weighted by molar-refractivity contribution is -0.119. The molecule has 0 aliphatic heterocycles. The van der Waals surface area contributed by atoms with Crippen LogP contribution < -0.4 is 10.6 Å². The van der Waals surface area contributed by atoms with E-state index in [1.54, 1.807) is 25.5 Å². The summed E-state index contributed by atoms with van der Waals surface area (Å²) in [4.78, 5) is 30.7. The molecule has 0 saturated heterocycles. The Hall–Kier alpha value is -3.94. The van der Waals surface area contributed by atoms with Gasteiger partial charge >= 0.3 is 0 Å². The number of carbonyl (C=O) groups excluding carboxylic acids is 2. The second-order valence-corrected chi connectivity index (χ2v) is 9.44. The summed E-state index contributed by atoms with van der Waals surface area (Å²) in [6.07, 6.45) is 9.24. The molecule has 2 amide bonds. The fraction of sp³-hybridized carbons (Fsp3) is 0.333. The van der Waals surface area contributed by atoms with Crippen LogP contribution in [-0.4, -0.2) is 37.0 Å². The van der Waals surface area contributed by atoms with Crippen LogP contribution in [0.3, 0.4) is 0 Å². The number of rotatable bonds is 6. The standard InChI is InChI=1S/C27H30N6O2/c1-18-6-8-20(9-7-18)25(31-26(34)23-14-15-29-32(23)2)27(35)30-21-12-10-19(11-13-21)22-4-3-5-24-28-16-17-33(22)24/h3-5,10-18,20,25H,6-9H2,1-2H3,(H,30,35)(H,31,34)/t18-,20-,25-/m0/s1. The van der Waals surface area contributed by atoms with Crippen LogP contribution in [0, 0.1) is 11.8 Å². The zero-order valence-corrected chi connectivity index (χ0v) is 20.0. The summed E-state index contributed by atoms with van der Waals surface area (Å²) in [6, 6.07) is 14.8. The number of fused-ring (bicyclic) bond motifs is 1. The second kappa shape index (κ2) is 9.74. The van der Waals surface area contributed by atoms with Crippen molar-refractivity contribution in [1.29, 1.82) is 0 Å². The van der Waals surface area contributed by atoms with Crippen molar-refractivity contribution < 1.29 is 9.59 Å². The molecule has 0 radical (unpaired) electrons. The van der Waals surface area contributed by atoms with Gasteiger partial charge in [-0.05, 0) is 60.6 Å². The Balaban J connectivity index is 1.34. The predicted molar refractivity (Wildman–Crippen MR) is 135 cm³/mol. The third-order valence-corrected chi connectivity index (χ3v) is 7.03. The van der Waals surface area contributed by atoms with Crippen molar-refractivity contribution in [1.82, 2.24) is 24.5 Å². The van der Waals surface area contributed by atoms with Gasteiger partial charge in [0.2, 0.25) is 5.91 Å². The maximum atomic E-state index is 13.4. The SMILES string of the molecule is Cn1nccc1C(=O)N[C@H](C(=O)Nc1ccc(-c2cccc3nccn23)cc1)[C@H]1CC[C@H](C)CC1. The minimum absolute atomic E-state index is 0.0986. The molecular formula is C27H30N6O2. The third-order valence-electron chi connectivity index (χ3n) is 7.03. The Morgan fingerprint density at radius 2 is 1.77 bits per heavy atom. The zero-order chi connectivity index (χ0) is 24.4. The van der Waals surface area contributed by atoms with Crippen molar-refractivity contribution in [3.63, 3.8) is 0 Å². The highest BCUT2D eigenvalue weighted by Crippen LogP contribution is 2.31. The van der Waals surface area contributed by atoms with Crippen LogP contribution in [0.2, 0.25) is 0 Å². The van der Waals surface area contributed by atoms with Gasteiger partial charge in [-0.3, -0.25) is 18.7 Å². The van der Waals surface area contributed by atoms with Crippen molar-refractivity contribution in [2.75, 3.05) is 5.32 Å². The number of aromatic nitrogens is 4. The number of carbonyl (C=O) groups is 2. The number of nitrogens with zero attached hydrogens (tertiary/aromatic N) is 4. The van der Waals surface area contributed by atoms with Gasteiger partial charge in [-0.1, -0.05) is 38.0 Å². The van der Waals surface area contributed by atoms with Crippen molar-refractivity contribution >= 4 is 23.1 Å². The number of hydrogen-bond acceptors (Lipinski definition) is 4. The number of aryl methyl sites for hydroxylation is 1. The summed E-state index contributed by atoms with van der Waals surface area (Å²) >= 11 is 0. The Morgan fingerprint density at radius 3 is 2.49 bits per heavy atom. The van der Waals surface area contributed by atoms with E-state index in [4.69, 9.17) is 0 Å². The Kier molecular flexibility index (Phi) is 6.35. The largest absolute Gasteiger partial charge is 0.339 e. The van der Waals surface area contributed by atoms with E-state index in [1.165, 1.54) is 4.68 Å². The number of benzene rings is 1. The Morgan fingerprint density at radius 1 is 1.00 bits per heavy atom.